The van der Waals surface area contributed by atoms with Gasteiger partial charge in [-0.05, 0) is 40.5 Å². The lowest BCUT2D eigenvalue weighted by atomic mass is 10.0. The molecule has 1 atom stereocenters. The summed E-state index contributed by atoms with van der Waals surface area (Å²) in [6.45, 7) is 8.94. The monoisotopic (exact) mass is 413 g/mol. The van der Waals surface area contributed by atoms with Crippen molar-refractivity contribution in [2.75, 3.05) is 19.8 Å². The maximum absolute atomic E-state index is 12.2. The van der Waals surface area contributed by atoms with Gasteiger partial charge in [-0.2, -0.15) is 0 Å². The number of alkyl carbamates (subject to hydrolysis) is 1. The van der Waals surface area contributed by atoms with Gasteiger partial charge in [-0.1, -0.05) is 6.92 Å². The van der Waals surface area contributed by atoms with Crippen LogP contribution in [0.5, 0.6) is 0 Å². The Morgan fingerprint density at radius 2 is 1.83 bits per heavy atom. The van der Waals surface area contributed by atoms with Gasteiger partial charge in [0.05, 0.1) is 23.9 Å². The molecule has 0 unspecified atom stereocenters. The summed E-state index contributed by atoms with van der Waals surface area (Å²) in [5.74, 6) is -1.09. The third kappa shape index (κ3) is 8.84. The third-order valence-corrected chi connectivity index (χ3v) is 3.75. The minimum absolute atomic E-state index is 0.0568. The van der Waals surface area contributed by atoms with Crippen LogP contribution >= 0.6 is 0 Å². The van der Waals surface area contributed by atoms with Crippen LogP contribution in [-0.4, -0.2) is 55.5 Å². The van der Waals surface area contributed by atoms with Crippen molar-refractivity contribution in [1.82, 2.24) is 16.0 Å². The molecule has 0 saturated heterocycles. The standard InChI is InChI=1S/C19H31N3O7/c1-6-12-15(16(24)27-7-2)13(22-17(25)21-12)11-28-14(23)9-8-10-20-18(26)29-19(3,4)5/h12H,6-11H2,1-5H3,(H,20,26)(H2,21,22,25)/t12-/m0/s1. The molecule has 1 rings (SSSR count). The second-order valence-corrected chi connectivity index (χ2v) is 7.36. The zero-order valence-corrected chi connectivity index (χ0v) is 17.7. The van der Waals surface area contributed by atoms with Crippen molar-refractivity contribution in [3.8, 4) is 0 Å². The fourth-order valence-corrected chi connectivity index (χ4v) is 2.54. The molecule has 0 saturated carbocycles. The summed E-state index contributed by atoms with van der Waals surface area (Å²) in [6, 6.07) is -0.993. The molecule has 10 heteroatoms. The molecule has 3 N–H and O–H groups in total. The first kappa shape index (κ1) is 24.3. The van der Waals surface area contributed by atoms with E-state index in [1.54, 1.807) is 27.7 Å². The van der Waals surface area contributed by atoms with E-state index >= 15 is 0 Å². The zero-order valence-electron chi connectivity index (χ0n) is 17.7. The molecule has 0 spiro atoms. The normalized spacial score (nSPS) is 16.4. The number of hydrogen-bond donors (Lipinski definition) is 3. The van der Waals surface area contributed by atoms with Crippen LogP contribution in [0.4, 0.5) is 9.59 Å². The van der Waals surface area contributed by atoms with E-state index in [9.17, 15) is 19.2 Å². The second kappa shape index (κ2) is 11.3. The minimum Gasteiger partial charge on any atom is -0.463 e. The number of carbonyl (C=O) groups is 4. The summed E-state index contributed by atoms with van der Waals surface area (Å²) >= 11 is 0. The molecule has 164 valence electrons. The molecule has 1 aliphatic heterocycles. The summed E-state index contributed by atoms with van der Waals surface area (Å²) in [5.41, 5.74) is -0.143. The van der Waals surface area contributed by atoms with Crippen LogP contribution in [0.15, 0.2) is 11.3 Å². The van der Waals surface area contributed by atoms with Gasteiger partial charge in [0.2, 0.25) is 0 Å². The molecule has 29 heavy (non-hydrogen) atoms. The number of rotatable bonds is 9. The van der Waals surface area contributed by atoms with Crippen molar-refractivity contribution in [3.05, 3.63) is 11.3 Å². The number of urea groups is 1. The third-order valence-electron chi connectivity index (χ3n) is 3.75. The number of ether oxygens (including phenoxy) is 3. The van der Waals surface area contributed by atoms with Gasteiger partial charge in [0.25, 0.3) is 0 Å². The summed E-state index contributed by atoms with van der Waals surface area (Å²) in [4.78, 5) is 47.5. The quantitative estimate of drug-likeness (QED) is 0.298. The average Bonchev–Trinajstić information content (AvgIpc) is 2.61. The largest absolute Gasteiger partial charge is 0.463 e. The Morgan fingerprint density at radius 3 is 2.41 bits per heavy atom. The fraction of sp³-hybridized carbons (Fsp3) is 0.684. The van der Waals surface area contributed by atoms with Crippen molar-refractivity contribution >= 4 is 24.1 Å². The van der Waals surface area contributed by atoms with Crippen molar-refractivity contribution in [3.63, 3.8) is 0 Å². The molecule has 0 aromatic heterocycles. The van der Waals surface area contributed by atoms with Gasteiger partial charge < -0.3 is 30.2 Å². The van der Waals surface area contributed by atoms with Gasteiger partial charge in [-0.15, -0.1) is 0 Å². The predicted octanol–water partition coefficient (Wildman–Crippen LogP) is 1.74. The lowest BCUT2D eigenvalue weighted by molar-refractivity contribution is -0.143. The minimum atomic E-state index is -0.594. The molecule has 1 heterocycles. The second-order valence-electron chi connectivity index (χ2n) is 7.36. The molecule has 0 aliphatic carbocycles. The lowest BCUT2D eigenvalue weighted by Gasteiger charge is -2.28. The number of esters is 2. The molecular weight excluding hydrogens is 382 g/mol. The SMILES string of the molecule is CCOC(=O)C1=C(COC(=O)CCCNC(=O)OC(C)(C)C)NC(=O)N[C@H]1CC. The molecule has 0 radical (unpaired) electrons. The Hall–Kier alpha value is -2.78. The highest BCUT2D eigenvalue weighted by atomic mass is 16.6. The maximum Gasteiger partial charge on any atom is 0.407 e. The van der Waals surface area contributed by atoms with Crippen LogP contribution in [0, 0.1) is 0 Å². The van der Waals surface area contributed by atoms with Crippen LogP contribution < -0.4 is 16.0 Å². The van der Waals surface area contributed by atoms with Gasteiger partial charge >= 0.3 is 24.1 Å². The lowest BCUT2D eigenvalue weighted by Crippen LogP contribution is -2.51. The average molecular weight is 413 g/mol. The molecule has 0 aromatic carbocycles. The van der Waals surface area contributed by atoms with E-state index in [-0.39, 0.29) is 37.4 Å². The molecule has 0 fully saturated rings. The van der Waals surface area contributed by atoms with E-state index in [1.807, 2.05) is 6.92 Å². The van der Waals surface area contributed by atoms with E-state index in [0.717, 1.165) is 0 Å². The summed E-state index contributed by atoms with van der Waals surface area (Å²) in [6.07, 6.45) is 0.335. The summed E-state index contributed by atoms with van der Waals surface area (Å²) in [5, 5.41) is 7.70. The molecule has 1 aliphatic rings. The Balaban J connectivity index is 2.55. The first-order valence-electron chi connectivity index (χ1n) is 9.67. The molecule has 3 amide bonds. The summed E-state index contributed by atoms with van der Waals surface area (Å²) < 4.78 is 15.3. The Labute approximate surface area is 170 Å². The highest BCUT2D eigenvalue weighted by Crippen LogP contribution is 2.17. The highest BCUT2D eigenvalue weighted by Gasteiger charge is 2.31. The van der Waals surface area contributed by atoms with Crippen LogP contribution in [-0.2, 0) is 23.8 Å². The van der Waals surface area contributed by atoms with E-state index in [4.69, 9.17) is 14.2 Å². The smallest absolute Gasteiger partial charge is 0.407 e. The van der Waals surface area contributed by atoms with E-state index in [0.29, 0.717) is 12.8 Å². The Kier molecular flexibility index (Phi) is 9.43. The van der Waals surface area contributed by atoms with Gasteiger partial charge in [0, 0.05) is 13.0 Å². The topological polar surface area (TPSA) is 132 Å². The maximum atomic E-state index is 12.2. The van der Waals surface area contributed by atoms with Gasteiger partial charge in [-0.25, -0.2) is 14.4 Å². The predicted molar refractivity (Wildman–Crippen MR) is 104 cm³/mol. The summed E-state index contributed by atoms with van der Waals surface area (Å²) in [7, 11) is 0. The van der Waals surface area contributed by atoms with Gasteiger partial charge in [-0.3, -0.25) is 4.79 Å². The molecule has 10 nitrogen and oxygen atoms in total. The first-order valence-corrected chi connectivity index (χ1v) is 9.67. The van der Waals surface area contributed by atoms with E-state index in [2.05, 4.69) is 16.0 Å². The van der Waals surface area contributed by atoms with Gasteiger partial charge in [0.1, 0.15) is 12.2 Å². The molecular formula is C19H31N3O7. The van der Waals surface area contributed by atoms with Crippen molar-refractivity contribution in [1.29, 1.82) is 0 Å². The number of amides is 3. The van der Waals surface area contributed by atoms with Crippen LogP contribution in [0.1, 0.15) is 53.9 Å². The Bertz CT molecular complexity index is 653. The highest BCUT2D eigenvalue weighted by molar-refractivity contribution is 5.94. The van der Waals surface area contributed by atoms with Crippen LogP contribution in [0.25, 0.3) is 0 Å². The number of nitrogens with one attached hydrogen (secondary N) is 3. The molecule has 0 aromatic rings. The molecule has 0 bridgehead atoms. The van der Waals surface area contributed by atoms with Crippen molar-refractivity contribution < 1.29 is 33.4 Å². The van der Waals surface area contributed by atoms with Crippen LogP contribution in [0.2, 0.25) is 0 Å². The zero-order chi connectivity index (χ0) is 22.0. The fourth-order valence-electron chi connectivity index (χ4n) is 2.54. The van der Waals surface area contributed by atoms with Crippen molar-refractivity contribution in [2.24, 2.45) is 0 Å². The van der Waals surface area contributed by atoms with Crippen LogP contribution in [0.3, 0.4) is 0 Å². The first-order chi connectivity index (χ1) is 13.6. The Morgan fingerprint density at radius 1 is 1.14 bits per heavy atom. The van der Waals surface area contributed by atoms with E-state index < -0.39 is 35.7 Å². The number of carbonyl (C=O) groups excluding carboxylic acids is 4. The number of hydrogen-bond acceptors (Lipinski definition) is 7. The van der Waals surface area contributed by atoms with Crippen molar-refractivity contribution in [2.45, 2.75) is 65.5 Å². The van der Waals surface area contributed by atoms with E-state index in [1.165, 1.54) is 0 Å². The van der Waals surface area contributed by atoms with Gasteiger partial charge in [0.15, 0.2) is 0 Å².